The molecule has 0 bridgehead atoms. The van der Waals surface area contributed by atoms with Crippen LogP contribution in [0, 0.1) is 45.3 Å². The number of fused-ring (bicyclic) bond motifs is 6. The Morgan fingerprint density at radius 3 is 1.23 bits per heavy atom. The topological polar surface area (TPSA) is 327 Å². The zero-order chi connectivity index (χ0) is 88.5. The van der Waals surface area contributed by atoms with Crippen LogP contribution < -0.4 is 46.4 Å². The van der Waals surface area contributed by atoms with E-state index in [-0.39, 0.29) is 114 Å². The highest BCUT2D eigenvalue weighted by Crippen LogP contribution is 2.47. The molecule has 6 aliphatic rings. The van der Waals surface area contributed by atoms with E-state index in [1.165, 1.54) is 88.1 Å². The van der Waals surface area contributed by atoms with Crippen LogP contribution >= 0.6 is 78.3 Å². The normalized spacial score (nSPS) is 16.2. The Bertz CT molecular complexity index is 5360. The Morgan fingerprint density at radius 2 is 0.860 bits per heavy atom. The summed E-state index contributed by atoms with van der Waals surface area (Å²) < 4.78 is 50.0. The van der Waals surface area contributed by atoms with Gasteiger partial charge in [-0.05, 0) is 222 Å². The summed E-state index contributed by atoms with van der Waals surface area (Å²) in [4.78, 5) is 113. The lowest BCUT2D eigenvalue weighted by molar-refractivity contribution is 0.0512. The predicted octanol–water partition coefficient (Wildman–Crippen LogP) is 19.3. The van der Waals surface area contributed by atoms with Crippen LogP contribution in [0.4, 0.5) is 0 Å². The number of rotatable bonds is 24. The second kappa shape index (κ2) is 40.5. The third-order valence-electron chi connectivity index (χ3n) is 21.5. The molecule has 4 aliphatic carbocycles. The molecule has 14 rings (SSSR count). The average Bonchev–Trinajstić information content (AvgIpc) is 1.59. The summed E-state index contributed by atoms with van der Waals surface area (Å²) in [7, 11) is 0. The van der Waals surface area contributed by atoms with Crippen LogP contribution in [-0.4, -0.2) is 115 Å². The molecule has 0 spiro atoms. The molecule has 4 saturated carbocycles. The number of carboxylic acid groups (broad SMARTS) is 1. The fraction of sp³-hybridized carbons (Fsp3) is 0.511. The van der Waals surface area contributed by atoms with Crippen LogP contribution in [-0.2, 0) is 39.9 Å². The maximum absolute atomic E-state index is 12.7. The second-order valence-corrected chi connectivity index (χ2v) is 38.6. The van der Waals surface area contributed by atoms with Crippen molar-refractivity contribution < 1.29 is 61.9 Å². The zero-order valence-electron chi connectivity index (χ0n) is 71.1. The molecule has 3 N–H and O–H groups in total. The predicted molar refractivity (Wildman–Crippen MR) is 473 cm³/mol. The fourth-order valence-corrected chi connectivity index (χ4v) is 15.3. The van der Waals surface area contributed by atoms with Gasteiger partial charge in [-0.2, -0.15) is 0 Å². The molecule has 652 valence electrons. The molecule has 10 heterocycles. The van der Waals surface area contributed by atoms with Crippen LogP contribution in [0.15, 0.2) is 119 Å². The first-order valence-corrected chi connectivity index (χ1v) is 44.0. The van der Waals surface area contributed by atoms with Crippen LogP contribution in [0.2, 0.25) is 20.6 Å². The Hall–Kier alpha value is -8.44. The van der Waals surface area contributed by atoms with Gasteiger partial charge in [0.05, 0.1) is 75.3 Å². The minimum absolute atomic E-state index is 0.0213. The molecule has 4 unspecified atom stereocenters. The first-order chi connectivity index (χ1) is 57.0. The van der Waals surface area contributed by atoms with E-state index in [1.807, 2.05) is 38.0 Å². The minimum atomic E-state index is -1.23. The molecule has 0 radical (unpaired) electrons. The maximum Gasteiger partial charge on any atom is 0.345 e. The fourth-order valence-electron chi connectivity index (χ4n) is 13.4. The number of pyridine rings is 7. The van der Waals surface area contributed by atoms with Gasteiger partial charge in [0.25, 0.3) is 0 Å². The number of aromatic nitrogens is 7. The third kappa shape index (κ3) is 25.6. The van der Waals surface area contributed by atoms with Crippen LogP contribution in [0.5, 0.6) is 23.0 Å². The molecule has 4 fully saturated rings. The standard InChI is InChI=1S/C23H28BrClN2O4.C23H27ClN2O4.C21H23ClN2O4.C15H22BrClN2O.C8H8O4/c1-5-30-22(29)16-12-27(9-8-17(16)28)19(23(2,3)4)11-15-10-18(21(25)26-20(15)24)31-13-14-6-7-14;1-5-29-22(28)15-11-26-16(10-17(15)27)20-14(9-19(26)23(2,3)4)8-18(21(24)25-20)30-12-13-6-7-13;1-21(2,3)17-7-12-6-16(28-10-11-4-5-11)19(22)23-18(12)14-8-15(25)13(20(26)27)9-24(14)17;1-15(2,3)12(18)7-10-6-11(14(17)19-13(10)16)20-8-9-4-5-9;1-2-12-8(10)6-5-11-4-3-7(6)9/h8-10,12,14,19H,5-7,11,13H2,1-4H3;8,10-11,13,19H,5-7,9,12H2,1-4H3;6,8-9,11,17H,4-5,7,10H2,1-3H3,(H,26,27);6,9,12H,4-5,7-8,18H2,1-3H3;3-5H,2H2,1H3. The number of halogens is 6. The van der Waals surface area contributed by atoms with Gasteiger partial charge < -0.3 is 62.1 Å². The molecule has 2 aliphatic heterocycles. The maximum atomic E-state index is 12.7. The van der Waals surface area contributed by atoms with E-state index in [2.05, 4.69) is 144 Å². The lowest BCUT2D eigenvalue weighted by atomic mass is 9.80. The molecular weight excluding hydrogens is 1770 g/mol. The Labute approximate surface area is 741 Å². The monoisotopic (exact) mass is 1870 g/mol. The molecule has 0 amide bonds. The number of nitrogens with zero attached hydrogens (tertiary/aromatic N) is 7. The number of aromatic carboxylic acids is 1. The molecular formula is C90H108Br2Cl4N8O17. The smallest absolute Gasteiger partial charge is 0.345 e. The number of ether oxygens (including phenoxy) is 7. The van der Waals surface area contributed by atoms with E-state index in [1.54, 1.807) is 39.4 Å². The van der Waals surface area contributed by atoms with Gasteiger partial charge in [0.15, 0.2) is 65.3 Å². The molecule has 0 aromatic carbocycles. The van der Waals surface area contributed by atoms with Gasteiger partial charge in [-0.1, -0.05) is 129 Å². The molecule has 8 aromatic heterocycles. The van der Waals surface area contributed by atoms with E-state index >= 15 is 0 Å². The molecule has 4 atom stereocenters. The number of hydrogen-bond acceptors (Lipinski definition) is 21. The van der Waals surface area contributed by atoms with Crippen LogP contribution in [0.3, 0.4) is 0 Å². The highest BCUT2D eigenvalue weighted by molar-refractivity contribution is 9.10. The summed E-state index contributed by atoms with van der Waals surface area (Å²) in [6, 6.07) is 13.1. The van der Waals surface area contributed by atoms with Crippen molar-refractivity contribution in [3.05, 3.63) is 201 Å². The second-order valence-electron chi connectivity index (χ2n) is 35.6. The van der Waals surface area contributed by atoms with Crippen molar-refractivity contribution >= 4 is 102 Å². The Kier molecular flexibility index (Phi) is 31.7. The Morgan fingerprint density at radius 1 is 0.496 bits per heavy atom. The average molecular weight is 1880 g/mol. The first kappa shape index (κ1) is 94.8. The summed E-state index contributed by atoms with van der Waals surface area (Å²) in [5.74, 6) is 1.81. The van der Waals surface area contributed by atoms with E-state index in [4.69, 9.17) is 80.6 Å². The summed E-state index contributed by atoms with van der Waals surface area (Å²) in [6.45, 7) is 33.9. The summed E-state index contributed by atoms with van der Waals surface area (Å²) in [5, 5.41) is 10.7. The molecule has 31 heteroatoms. The molecule has 0 saturated heterocycles. The van der Waals surface area contributed by atoms with Gasteiger partial charge in [-0.3, -0.25) is 19.2 Å². The van der Waals surface area contributed by atoms with Gasteiger partial charge in [0, 0.05) is 73.2 Å². The van der Waals surface area contributed by atoms with Gasteiger partial charge >= 0.3 is 23.9 Å². The lowest BCUT2D eigenvalue weighted by Gasteiger charge is -2.38. The van der Waals surface area contributed by atoms with E-state index in [9.17, 15) is 43.5 Å². The van der Waals surface area contributed by atoms with Gasteiger partial charge in [-0.25, -0.2) is 39.1 Å². The summed E-state index contributed by atoms with van der Waals surface area (Å²) >= 11 is 32.2. The zero-order valence-corrected chi connectivity index (χ0v) is 77.3. The van der Waals surface area contributed by atoms with Gasteiger partial charge in [0.1, 0.15) is 37.7 Å². The van der Waals surface area contributed by atoms with E-state index < -0.39 is 29.3 Å². The van der Waals surface area contributed by atoms with Crippen LogP contribution in [0.1, 0.15) is 237 Å². The number of nitrogens with two attached hydrogens (primary N) is 1. The van der Waals surface area contributed by atoms with E-state index in [0.717, 1.165) is 46.1 Å². The number of carbonyl (C=O) groups is 4. The van der Waals surface area contributed by atoms with Gasteiger partial charge in [-0.15, -0.1) is 0 Å². The lowest BCUT2D eigenvalue weighted by Crippen LogP contribution is -2.37. The SMILES string of the molecule is CC(C)(C)C(N)Cc1cc(OCC2CC2)c(Cl)nc1Br.CC(C)(C)C1Cc2cc(OCC3CC3)c(Cl)nc2-c2cc(=O)c(C(=O)O)cn21.CCOC(=O)c1cn(C(Cc2cc(OCC3CC3)c(Cl)nc2Br)C(C)(C)C)ccc1=O.CCOC(=O)c1cn2c(cc1=O)-c1nc(Cl)c(OCC3CC3)cc1CC2C(C)(C)C.CCOC(=O)c1coccc1=O. The number of carboxylic acids is 1. The molecule has 25 nitrogen and oxygen atoms in total. The number of carbonyl (C=O) groups excluding carboxylic acids is 3. The van der Waals surface area contributed by atoms with Crippen LogP contribution in [0.25, 0.3) is 22.8 Å². The van der Waals surface area contributed by atoms with Crippen molar-refractivity contribution in [3.63, 3.8) is 0 Å². The molecule has 121 heavy (non-hydrogen) atoms. The largest absolute Gasteiger partial charge is 0.490 e. The van der Waals surface area contributed by atoms with Crippen molar-refractivity contribution in [1.29, 1.82) is 0 Å². The highest BCUT2D eigenvalue weighted by Gasteiger charge is 2.39. The number of hydrogen-bond donors (Lipinski definition) is 2. The molecule has 8 aromatic rings. The quantitative estimate of drug-likeness (QED) is 0.0322. The summed E-state index contributed by atoms with van der Waals surface area (Å²) in [5.41, 5.74) is 10.4. The van der Waals surface area contributed by atoms with Gasteiger partial charge in [0.2, 0.25) is 0 Å². The van der Waals surface area contributed by atoms with E-state index in [0.29, 0.717) is 123 Å². The van der Waals surface area contributed by atoms with Crippen molar-refractivity contribution in [1.82, 2.24) is 33.6 Å². The first-order valence-electron chi connectivity index (χ1n) is 40.9. The van der Waals surface area contributed by atoms with Crippen molar-refractivity contribution in [2.24, 2.45) is 51.1 Å². The highest BCUT2D eigenvalue weighted by atomic mass is 79.9. The number of esters is 3. The Balaban J connectivity index is 0.000000163. The summed E-state index contributed by atoms with van der Waals surface area (Å²) in [6.07, 6.45) is 21.0. The van der Waals surface area contributed by atoms with Crippen molar-refractivity contribution in [2.75, 3.05) is 46.2 Å². The van der Waals surface area contributed by atoms with Crippen molar-refractivity contribution in [2.45, 2.75) is 205 Å². The third-order valence-corrected chi connectivity index (χ3v) is 24.0. The van der Waals surface area contributed by atoms with Crippen molar-refractivity contribution in [3.8, 4) is 45.8 Å². The minimum Gasteiger partial charge on any atom is -0.490 e.